The van der Waals surface area contributed by atoms with Gasteiger partial charge in [0.05, 0.1) is 5.39 Å². The molecule has 2 aromatic carbocycles. The van der Waals surface area contributed by atoms with E-state index in [2.05, 4.69) is 0 Å². The second-order valence-corrected chi connectivity index (χ2v) is 4.28. The van der Waals surface area contributed by atoms with Crippen LogP contribution in [-0.2, 0) is 0 Å². The van der Waals surface area contributed by atoms with Crippen LogP contribution in [0.5, 0.6) is 11.5 Å². The minimum Gasteiger partial charge on any atom is -0.446 e. The number of furan rings is 1. The molecule has 104 valence electrons. The minimum absolute atomic E-state index is 0.0318. The monoisotopic (exact) mass is 286 g/mol. The van der Waals surface area contributed by atoms with Crippen LogP contribution in [0.25, 0.3) is 11.0 Å². The zero-order valence-electron chi connectivity index (χ0n) is 10.6. The third-order valence-electron chi connectivity index (χ3n) is 2.88. The van der Waals surface area contributed by atoms with Gasteiger partial charge in [0.1, 0.15) is 11.7 Å². The predicted molar refractivity (Wildman–Crippen MR) is 71.8 cm³/mol. The molecule has 0 unspecified atom stereocenters. The van der Waals surface area contributed by atoms with Crippen molar-refractivity contribution in [2.75, 3.05) is 5.73 Å². The van der Waals surface area contributed by atoms with Crippen molar-refractivity contribution < 1.29 is 17.9 Å². The normalized spacial score (nSPS) is 10.5. The van der Waals surface area contributed by atoms with Crippen molar-refractivity contribution in [3.8, 4) is 17.6 Å². The number of nitriles is 1. The molecule has 0 radical (unpaired) electrons. The van der Waals surface area contributed by atoms with Crippen LogP contribution in [0, 0.1) is 23.0 Å². The maximum absolute atomic E-state index is 13.8. The number of benzene rings is 2. The SMILES string of the molecule is N#Cc1oc2ccccc2c1Oc1c(F)cc(N)cc1F. The second kappa shape index (κ2) is 4.80. The summed E-state index contributed by atoms with van der Waals surface area (Å²) < 4.78 is 38.1. The standard InChI is InChI=1S/C15H8F2N2O2/c16-10-5-8(19)6-11(17)15(10)21-14-9-3-1-2-4-12(9)20-13(14)7-18/h1-6H,19H2. The van der Waals surface area contributed by atoms with Gasteiger partial charge in [0.25, 0.3) is 0 Å². The van der Waals surface area contributed by atoms with Crippen molar-refractivity contribution >= 4 is 16.7 Å². The van der Waals surface area contributed by atoms with E-state index in [1.165, 1.54) is 0 Å². The minimum atomic E-state index is -0.957. The summed E-state index contributed by atoms with van der Waals surface area (Å²) in [5.74, 6) is -2.74. The van der Waals surface area contributed by atoms with Crippen LogP contribution in [0.1, 0.15) is 5.76 Å². The number of fused-ring (bicyclic) bond motifs is 1. The molecule has 3 rings (SSSR count). The number of hydrogen-bond donors (Lipinski definition) is 1. The van der Waals surface area contributed by atoms with Crippen LogP contribution in [0.3, 0.4) is 0 Å². The number of anilines is 1. The Morgan fingerprint density at radius 1 is 1.10 bits per heavy atom. The van der Waals surface area contributed by atoms with Crippen LogP contribution < -0.4 is 10.5 Å². The first kappa shape index (κ1) is 12.9. The lowest BCUT2D eigenvalue weighted by molar-refractivity contribution is 0.403. The number of nitrogen functional groups attached to an aromatic ring is 1. The van der Waals surface area contributed by atoms with E-state index in [0.29, 0.717) is 11.0 Å². The molecule has 0 spiro atoms. The summed E-state index contributed by atoms with van der Waals surface area (Å²) in [5.41, 5.74) is 5.67. The van der Waals surface area contributed by atoms with E-state index in [-0.39, 0.29) is 17.2 Å². The van der Waals surface area contributed by atoms with Gasteiger partial charge in [-0.05, 0) is 12.1 Å². The van der Waals surface area contributed by atoms with Gasteiger partial charge < -0.3 is 14.9 Å². The van der Waals surface area contributed by atoms with Crippen molar-refractivity contribution in [1.29, 1.82) is 5.26 Å². The third-order valence-corrected chi connectivity index (χ3v) is 2.88. The maximum Gasteiger partial charge on any atom is 0.247 e. The first-order chi connectivity index (χ1) is 10.1. The highest BCUT2D eigenvalue weighted by Gasteiger charge is 2.20. The van der Waals surface area contributed by atoms with Crippen molar-refractivity contribution in [2.45, 2.75) is 0 Å². The Morgan fingerprint density at radius 3 is 2.43 bits per heavy atom. The molecule has 1 heterocycles. The molecule has 6 heteroatoms. The van der Waals surface area contributed by atoms with Gasteiger partial charge >= 0.3 is 0 Å². The van der Waals surface area contributed by atoms with Gasteiger partial charge in [0.15, 0.2) is 23.1 Å². The number of nitrogens with two attached hydrogens (primary N) is 1. The van der Waals surface area contributed by atoms with E-state index in [0.717, 1.165) is 12.1 Å². The Morgan fingerprint density at radius 2 is 1.76 bits per heavy atom. The lowest BCUT2D eigenvalue weighted by atomic mass is 10.2. The number of nitrogens with zero attached hydrogens (tertiary/aromatic N) is 1. The summed E-state index contributed by atoms with van der Waals surface area (Å²) in [7, 11) is 0. The van der Waals surface area contributed by atoms with Gasteiger partial charge in [-0.1, -0.05) is 12.1 Å². The molecule has 0 fully saturated rings. The summed E-state index contributed by atoms with van der Waals surface area (Å²) in [6.45, 7) is 0. The molecule has 0 aliphatic rings. The highest BCUT2D eigenvalue weighted by molar-refractivity contribution is 5.86. The molecule has 3 aromatic rings. The number of hydrogen-bond acceptors (Lipinski definition) is 4. The van der Waals surface area contributed by atoms with Gasteiger partial charge in [0, 0.05) is 17.8 Å². The molecule has 0 saturated heterocycles. The van der Waals surface area contributed by atoms with Crippen LogP contribution in [0.2, 0.25) is 0 Å². The molecule has 4 nitrogen and oxygen atoms in total. The van der Waals surface area contributed by atoms with E-state index in [4.69, 9.17) is 20.1 Å². The Labute approximate surface area is 118 Å². The fourth-order valence-electron chi connectivity index (χ4n) is 1.98. The highest BCUT2D eigenvalue weighted by atomic mass is 19.1. The molecular weight excluding hydrogens is 278 g/mol. The van der Waals surface area contributed by atoms with E-state index in [9.17, 15) is 8.78 Å². The first-order valence-corrected chi connectivity index (χ1v) is 5.94. The van der Waals surface area contributed by atoms with Crippen molar-refractivity contribution in [2.24, 2.45) is 0 Å². The van der Waals surface area contributed by atoms with Crippen molar-refractivity contribution in [3.05, 3.63) is 53.8 Å². The second-order valence-electron chi connectivity index (χ2n) is 4.28. The van der Waals surface area contributed by atoms with Gasteiger partial charge in [-0.2, -0.15) is 5.26 Å². The summed E-state index contributed by atoms with van der Waals surface area (Å²) in [5, 5.41) is 9.50. The smallest absolute Gasteiger partial charge is 0.247 e. The zero-order chi connectivity index (χ0) is 15.0. The number of rotatable bonds is 2. The van der Waals surface area contributed by atoms with E-state index in [1.807, 2.05) is 0 Å². The van der Waals surface area contributed by atoms with Gasteiger partial charge in [-0.25, -0.2) is 8.78 Å². The van der Waals surface area contributed by atoms with Gasteiger partial charge in [-0.15, -0.1) is 0 Å². The molecule has 0 aliphatic heterocycles. The highest BCUT2D eigenvalue weighted by Crippen LogP contribution is 2.38. The molecule has 0 bridgehead atoms. The molecule has 0 saturated carbocycles. The molecule has 0 amide bonds. The average Bonchev–Trinajstić information content (AvgIpc) is 2.80. The maximum atomic E-state index is 13.8. The Balaban J connectivity index is 2.17. The quantitative estimate of drug-likeness (QED) is 0.724. The first-order valence-electron chi connectivity index (χ1n) is 5.94. The Bertz CT molecular complexity index is 858. The molecule has 0 atom stereocenters. The van der Waals surface area contributed by atoms with Crippen LogP contribution in [0.4, 0.5) is 14.5 Å². The summed E-state index contributed by atoms with van der Waals surface area (Å²) in [6.07, 6.45) is 0. The van der Waals surface area contributed by atoms with Crippen LogP contribution >= 0.6 is 0 Å². The molecule has 0 aliphatic carbocycles. The molecule has 2 N–H and O–H groups in total. The summed E-state index contributed by atoms with van der Waals surface area (Å²) >= 11 is 0. The third kappa shape index (κ3) is 2.15. The fourth-order valence-corrected chi connectivity index (χ4v) is 1.98. The largest absolute Gasteiger partial charge is 0.446 e. The molecule has 21 heavy (non-hydrogen) atoms. The Kier molecular flexibility index (Phi) is 2.95. The van der Waals surface area contributed by atoms with Gasteiger partial charge in [0.2, 0.25) is 5.76 Å². The predicted octanol–water partition coefficient (Wildman–Crippen LogP) is 3.96. The molecular formula is C15H8F2N2O2. The number of halogens is 2. The van der Waals surface area contributed by atoms with Crippen LogP contribution in [-0.4, -0.2) is 0 Å². The van der Waals surface area contributed by atoms with Crippen molar-refractivity contribution in [1.82, 2.24) is 0 Å². The lowest BCUT2D eigenvalue weighted by Crippen LogP contribution is -1.96. The number of ether oxygens (including phenoxy) is 1. The lowest BCUT2D eigenvalue weighted by Gasteiger charge is -2.07. The number of para-hydroxylation sites is 1. The van der Waals surface area contributed by atoms with Gasteiger partial charge in [-0.3, -0.25) is 0 Å². The topological polar surface area (TPSA) is 72.2 Å². The average molecular weight is 286 g/mol. The van der Waals surface area contributed by atoms with E-state index >= 15 is 0 Å². The fraction of sp³-hybridized carbons (Fsp3) is 0. The summed E-state index contributed by atoms with van der Waals surface area (Å²) in [6, 6.07) is 10.3. The van der Waals surface area contributed by atoms with E-state index < -0.39 is 17.4 Å². The van der Waals surface area contributed by atoms with Crippen molar-refractivity contribution in [3.63, 3.8) is 0 Å². The molecule has 1 aromatic heterocycles. The zero-order valence-corrected chi connectivity index (χ0v) is 10.6. The Hall–Kier alpha value is -3.07. The summed E-state index contributed by atoms with van der Waals surface area (Å²) in [4.78, 5) is 0. The van der Waals surface area contributed by atoms with E-state index in [1.54, 1.807) is 30.3 Å². The van der Waals surface area contributed by atoms with Crippen LogP contribution in [0.15, 0.2) is 40.8 Å².